The van der Waals surface area contributed by atoms with Gasteiger partial charge in [-0.3, -0.25) is 9.69 Å². The molecule has 1 fully saturated rings. The number of urea groups is 1. The van der Waals surface area contributed by atoms with Gasteiger partial charge in [0, 0.05) is 13.2 Å². The van der Waals surface area contributed by atoms with Crippen molar-refractivity contribution in [3.63, 3.8) is 0 Å². The molecular weight excluding hydrogens is 226 g/mol. The van der Waals surface area contributed by atoms with E-state index in [2.05, 4.69) is 15.0 Å². The zero-order valence-corrected chi connectivity index (χ0v) is 9.60. The smallest absolute Gasteiger partial charge is 0.325 e. The standard InChI is InChI=1S/C10H13N3O4/c1-10(6-16-2)8(14)13(9(15)11-10)5-7-3-4-17-12-7/h3-4H,5-6H2,1-2H3,(H,11,15). The average molecular weight is 239 g/mol. The van der Waals surface area contributed by atoms with E-state index in [9.17, 15) is 9.59 Å². The highest BCUT2D eigenvalue weighted by molar-refractivity contribution is 6.06. The maximum atomic E-state index is 12.1. The van der Waals surface area contributed by atoms with Gasteiger partial charge < -0.3 is 14.6 Å². The Labute approximate surface area is 97.7 Å². The van der Waals surface area contributed by atoms with Crippen LogP contribution in [-0.4, -0.2) is 41.3 Å². The molecule has 1 saturated heterocycles. The fraction of sp³-hybridized carbons (Fsp3) is 0.500. The summed E-state index contributed by atoms with van der Waals surface area (Å²) in [6.07, 6.45) is 1.39. The van der Waals surface area contributed by atoms with Crippen LogP contribution in [-0.2, 0) is 16.1 Å². The highest BCUT2D eigenvalue weighted by Crippen LogP contribution is 2.19. The molecular formula is C10H13N3O4. The number of carbonyl (C=O) groups excluding carboxylic acids is 2. The van der Waals surface area contributed by atoms with Crippen LogP contribution in [0.25, 0.3) is 0 Å². The highest BCUT2D eigenvalue weighted by Gasteiger charge is 2.47. The molecule has 0 bridgehead atoms. The molecule has 7 heteroatoms. The normalized spacial score (nSPS) is 24.2. The Balaban J connectivity index is 2.14. The number of ether oxygens (including phenoxy) is 1. The predicted octanol–water partition coefficient (Wildman–Crippen LogP) is 0.131. The third-order valence-corrected chi connectivity index (χ3v) is 2.59. The molecule has 1 aliphatic heterocycles. The predicted molar refractivity (Wildman–Crippen MR) is 55.9 cm³/mol. The minimum Gasteiger partial charge on any atom is -0.382 e. The first-order valence-electron chi connectivity index (χ1n) is 5.09. The number of imide groups is 1. The van der Waals surface area contributed by atoms with Gasteiger partial charge in [0.25, 0.3) is 5.91 Å². The monoisotopic (exact) mass is 239 g/mol. The summed E-state index contributed by atoms with van der Waals surface area (Å²) in [4.78, 5) is 24.8. The van der Waals surface area contributed by atoms with Gasteiger partial charge in [-0.05, 0) is 6.92 Å². The van der Waals surface area contributed by atoms with Crippen LogP contribution in [0.2, 0.25) is 0 Å². The van der Waals surface area contributed by atoms with Crippen LogP contribution in [0.1, 0.15) is 12.6 Å². The number of hydrogen-bond donors (Lipinski definition) is 1. The van der Waals surface area contributed by atoms with E-state index in [4.69, 9.17) is 4.74 Å². The Morgan fingerprint density at radius 1 is 1.59 bits per heavy atom. The summed E-state index contributed by atoms with van der Waals surface area (Å²) < 4.78 is 9.59. The number of hydrogen-bond acceptors (Lipinski definition) is 5. The average Bonchev–Trinajstić information content (AvgIpc) is 2.83. The topological polar surface area (TPSA) is 84.7 Å². The van der Waals surface area contributed by atoms with E-state index in [0.717, 1.165) is 4.90 Å². The van der Waals surface area contributed by atoms with Crippen LogP contribution in [0.3, 0.4) is 0 Å². The molecule has 3 amide bonds. The summed E-state index contributed by atoms with van der Waals surface area (Å²) in [6.45, 7) is 1.85. The van der Waals surface area contributed by atoms with Crippen molar-refractivity contribution in [3.8, 4) is 0 Å². The van der Waals surface area contributed by atoms with E-state index >= 15 is 0 Å². The molecule has 92 valence electrons. The summed E-state index contributed by atoms with van der Waals surface area (Å²) in [7, 11) is 1.48. The van der Waals surface area contributed by atoms with Gasteiger partial charge in [0.2, 0.25) is 0 Å². The zero-order chi connectivity index (χ0) is 12.5. The molecule has 1 aromatic heterocycles. The Bertz CT molecular complexity index is 431. The van der Waals surface area contributed by atoms with E-state index in [1.54, 1.807) is 13.0 Å². The first-order chi connectivity index (χ1) is 8.07. The number of nitrogens with zero attached hydrogens (tertiary/aromatic N) is 2. The lowest BCUT2D eigenvalue weighted by Gasteiger charge is -2.19. The van der Waals surface area contributed by atoms with Crippen LogP contribution in [0.5, 0.6) is 0 Å². The van der Waals surface area contributed by atoms with E-state index in [0.29, 0.717) is 5.69 Å². The van der Waals surface area contributed by atoms with E-state index in [1.165, 1.54) is 13.4 Å². The van der Waals surface area contributed by atoms with Gasteiger partial charge in [-0.1, -0.05) is 5.16 Å². The molecule has 7 nitrogen and oxygen atoms in total. The Kier molecular flexibility index (Phi) is 2.84. The molecule has 1 atom stereocenters. The van der Waals surface area contributed by atoms with Gasteiger partial charge in [-0.2, -0.15) is 0 Å². The number of carbonyl (C=O) groups is 2. The van der Waals surface area contributed by atoms with Crippen LogP contribution >= 0.6 is 0 Å². The zero-order valence-electron chi connectivity index (χ0n) is 9.60. The van der Waals surface area contributed by atoms with Crippen molar-refractivity contribution in [2.24, 2.45) is 0 Å². The van der Waals surface area contributed by atoms with Crippen molar-refractivity contribution in [2.75, 3.05) is 13.7 Å². The van der Waals surface area contributed by atoms with Crippen LogP contribution in [0.15, 0.2) is 16.9 Å². The van der Waals surface area contributed by atoms with Crippen molar-refractivity contribution < 1.29 is 18.8 Å². The molecule has 0 spiro atoms. The number of nitrogens with one attached hydrogen (secondary N) is 1. The first kappa shape index (κ1) is 11.6. The number of amides is 3. The molecule has 17 heavy (non-hydrogen) atoms. The largest absolute Gasteiger partial charge is 0.382 e. The molecule has 0 aromatic carbocycles. The second-order valence-corrected chi connectivity index (χ2v) is 4.08. The summed E-state index contributed by atoms with van der Waals surface area (Å²) in [5.74, 6) is -0.327. The maximum absolute atomic E-state index is 12.1. The molecule has 0 aliphatic carbocycles. The van der Waals surface area contributed by atoms with Crippen LogP contribution in [0, 0.1) is 0 Å². The van der Waals surface area contributed by atoms with E-state index in [1.807, 2.05) is 0 Å². The molecule has 0 radical (unpaired) electrons. The van der Waals surface area contributed by atoms with E-state index in [-0.39, 0.29) is 19.1 Å². The molecule has 1 aromatic rings. The minimum absolute atomic E-state index is 0.0977. The summed E-state index contributed by atoms with van der Waals surface area (Å²) in [6, 6.07) is 1.16. The lowest BCUT2D eigenvalue weighted by molar-refractivity contribution is -0.132. The van der Waals surface area contributed by atoms with Crippen molar-refractivity contribution >= 4 is 11.9 Å². The molecule has 2 rings (SSSR count). The Morgan fingerprint density at radius 3 is 2.94 bits per heavy atom. The molecule has 0 saturated carbocycles. The molecule has 1 aliphatic rings. The molecule has 1 unspecified atom stereocenters. The second kappa shape index (κ2) is 4.17. The first-order valence-corrected chi connectivity index (χ1v) is 5.09. The van der Waals surface area contributed by atoms with Gasteiger partial charge in [0.05, 0.1) is 13.2 Å². The van der Waals surface area contributed by atoms with Gasteiger partial charge in [-0.15, -0.1) is 0 Å². The fourth-order valence-electron chi connectivity index (χ4n) is 1.76. The lowest BCUT2D eigenvalue weighted by Crippen LogP contribution is -2.47. The fourth-order valence-corrected chi connectivity index (χ4v) is 1.76. The van der Waals surface area contributed by atoms with Crippen molar-refractivity contribution in [3.05, 3.63) is 18.0 Å². The SMILES string of the molecule is COCC1(C)NC(=O)N(Cc2ccon2)C1=O. The third-order valence-electron chi connectivity index (χ3n) is 2.59. The lowest BCUT2D eigenvalue weighted by atomic mass is 10.0. The second-order valence-electron chi connectivity index (χ2n) is 4.08. The van der Waals surface area contributed by atoms with Crippen molar-refractivity contribution in [1.29, 1.82) is 0 Å². The number of aromatic nitrogens is 1. The van der Waals surface area contributed by atoms with Crippen molar-refractivity contribution in [2.45, 2.75) is 19.0 Å². The summed E-state index contributed by atoms with van der Waals surface area (Å²) in [5.41, 5.74) is -0.481. The maximum Gasteiger partial charge on any atom is 0.325 e. The quantitative estimate of drug-likeness (QED) is 0.755. The van der Waals surface area contributed by atoms with Crippen LogP contribution in [0.4, 0.5) is 4.79 Å². The van der Waals surface area contributed by atoms with E-state index < -0.39 is 11.6 Å². The van der Waals surface area contributed by atoms with Gasteiger partial charge in [0.15, 0.2) is 0 Å². The van der Waals surface area contributed by atoms with Crippen LogP contribution < -0.4 is 5.32 Å². The number of rotatable bonds is 4. The Hall–Kier alpha value is -1.89. The summed E-state index contributed by atoms with van der Waals surface area (Å²) >= 11 is 0. The molecule has 1 N–H and O–H groups in total. The molecule has 2 heterocycles. The summed E-state index contributed by atoms with van der Waals surface area (Å²) in [5, 5.41) is 6.26. The van der Waals surface area contributed by atoms with Gasteiger partial charge >= 0.3 is 6.03 Å². The minimum atomic E-state index is -1.00. The van der Waals surface area contributed by atoms with Gasteiger partial charge in [0.1, 0.15) is 17.5 Å². The highest BCUT2D eigenvalue weighted by atomic mass is 16.5. The Morgan fingerprint density at radius 2 is 2.35 bits per heavy atom. The third kappa shape index (κ3) is 2.01. The number of methoxy groups -OCH3 is 1. The van der Waals surface area contributed by atoms with Crippen molar-refractivity contribution in [1.82, 2.24) is 15.4 Å². The van der Waals surface area contributed by atoms with Gasteiger partial charge in [-0.25, -0.2) is 4.79 Å².